The van der Waals surface area contributed by atoms with Crippen molar-refractivity contribution in [3.05, 3.63) is 59.2 Å². The molecule has 1 aliphatic heterocycles. The van der Waals surface area contributed by atoms with E-state index in [-0.39, 0.29) is 0 Å². The first-order valence-corrected chi connectivity index (χ1v) is 12.3. The Hall–Kier alpha value is -2.82. The highest BCUT2D eigenvalue weighted by atomic mass is 32.2. The summed E-state index contributed by atoms with van der Waals surface area (Å²) >= 11 is 1.25. The van der Waals surface area contributed by atoms with Gasteiger partial charge in [-0.25, -0.2) is 23.1 Å². The number of para-hydroxylation sites is 2. The Bertz CT molecular complexity index is 1340. The van der Waals surface area contributed by atoms with Gasteiger partial charge in [-0.05, 0) is 43.5 Å². The highest BCUT2D eigenvalue weighted by Crippen LogP contribution is 2.28. The molecule has 3 aromatic heterocycles. The molecule has 8 nitrogen and oxygen atoms in total. The van der Waals surface area contributed by atoms with Crippen molar-refractivity contribution in [1.82, 2.24) is 24.1 Å². The Morgan fingerprint density at radius 3 is 2.16 bits per heavy atom. The van der Waals surface area contributed by atoms with E-state index in [2.05, 4.69) is 10.00 Å². The van der Waals surface area contributed by atoms with E-state index in [9.17, 15) is 8.42 Å². The number of fused-ring (bicyclic) bond motifs is 1. The Morgan fingerprint density at radius 2 is 1.58 bits per heavy atom. The Balaban J connectivity index is 1.50. The molecule has 1 aromatic carbocycles. The summed E-state index contributed by atoms with van der Waals surface area (Å²) in [5, 5.41) is 6.40. The molecular formula is C21H22N6O2S2. The van der Waals surface area contributed by atoms with Crippen molar-refractivity contribution in [3.63, 3.8) is 0 Å². The van der Waals surface area contributed by atoms with Gasteiger partial charge in [0.1, 0.15) is 4.21 Å². The van der Waals surface area contributed by atoms with Gasteiger partial charge in [-0.1, -0.05) is 18.2 Å². The molecule has 0 N–H and O–H groups in total. The Morgan fingerprint density at radius 1 is 0.903 bits per heavy atom. The fraction of sp³-hybridized carbons (Fsp3) is 0.286. The van der Waals surface area contributed by atoms with Gasteiger partial charge in [0, 0.05) is 31.9 Å². The first-order chi connectivity index (χ1) is 14.9. The van der Waals surface area contributed by atoms with E-state index >= 15 is 0 Å². The number of nitrogens with zero attached hydrogens (tertiary/aromatic N) is 6. The fourth-order valence-electron chi connectivity index (χ4n) is 3.86. The van der Waals surface area contributed by atoms with Crippen LogP contribution in [-0.2, 0) is 10.0 Å². The van der Waals surface area contributed by atoms with Crippen molar-refractivity contribution in [2.24, 2.45) is 0 Å². The van der Waals surface area contributed by atoms with Gasteiger partial charge < -0.3 is 4.90 Å². The molecule has 0 amide bonds. The van der Waals surface area contributed by atoms with Crippen LogP contribution in [0.5, 0.6) is 0 Å². The highest BCUT2D eigenvalue weighted by molar-refractivity contribution is 7.91. The number of rotatable bonds is 4. The third-order valence-corrected chi connectivity index (χ3v) is 8.64. The molecule has 4 aromatic rings. The third-order valence-electron chi connectivity index (χ3n) is 5.37. The molecule has 1 aliphatic rings. The molecule has 1 fully saturated rings. The number of sulfonamides is 1. The lowest BCUT2D eigenvalue weighted by Crippen LogP contribution is -2.49. The van der Waals surface area contributed by atoms with Gasteiger partial charge in [0.05, 0.1) is 16.7 Å². The average molecular weight is 455 g/mol. The first-order valence-electron chi connectivity index (χ1n) is 10.0. The molecule has 0 unspecified atom stereocenters. The summed E-state index contributed by atoms with van der Waals surface area (Å²) in [5.74, 6) is 1.39. The normalized spacial score (nSPS) is 15.6. The van der Waals surface area contributed by atoms with E-state index in [1.807, 2.05) is 48.9 Å². The summed E-state index contributed by atoms with van der Waals surface area (Å²) < 4.78 is 29.5. The number of hydrogen-bond donors (Lipinski definition) is 0. The van der Waals surface area contributed by atoms with E-state index < -0.39 is 10.0 Å². The predicted molar refractivity (Wildman–Crippen MR) is 121 cm³/mol. The largest absolute Gasteiger partial charge is 0.351 e. The number of piperazine rings is 1. The van der Waals surface area contributed by atoms with Crippen molar-refractivity contribution in [2.45, 2.75) is 18.1 Å². The molecule has 160 valence electrons. The molecule has 10 heteroatoms. The molecule has 0 radical (unpaired) electrons. The zero-order valence-corrected chi connectivity index (χ0v) is 18.9. The molecule has 0 bridgehead atoms. The van der Waals surface area contributed by atoms with E-state index in [0.717, 1.165) is 28.2 Å². The zero-order valence-electron chi connectivity index (χ0n) is 17.3. The number of thiophene rings is 1. The van der Waals surface area contributed by atoms with E-state index in [4.69, 9.17) is 9.97 Å². The van der Waals surface area contributed by atoms with Gasteiger partial charge in [0.15, 0.2) is 11.6 Å². The van der Waals surface area contributed by atoms with Crippen LogP contribution < -0.4 is 4.90 Å². The van der Waals surface area contributed by atoms with E-state index in [0.29, 0.717) is 36.2 Å². The van der Waals surface area contributed by atoms with Crippen LogP contribution in [-0.4, -0.2) is 58.7 Å². The van der Waals surface area contributed by atoms with Crippen molar-refractivity contribution in [3.8, 4) is 5.82 Å². The number of anilines is 1. The number of aryl methyl sites for hydroxylation is 2. The molecule has 0 saturated carbocycles. The first kappa shape index (κ1) is 20.1. The minimum Gasteiger partial charge on any atom is -0.351 e. The topological polar surface area (TPSA) is 84.2 Å². The number of aromatic nitrogens is 4. The van der Waals surface area contributed by atoms with Crippen molar-refractivity contribution >= 4 is 38.2 Å². The maximum Gasteiger partial charge on any atom is 0.252 e. The molecule has 5 rings (SSSR count). The summed E-state index contributed by atoms with van der Waals surface area (Å²) in [7, 11) is -3.45. The summed E-state index contributed by atoms with van der Waals surface area (Å²) in [6, 6.07) is 13.2. The molecular weight excluding hydrogens is 432 g/mol. The maximum atomic E-state index is 12.9. The fourth-order valence-corrected chi connectivity index (χ4v) is 6.42. The summed E-state index contributed by atoms with van der Waals surface area (Å²) in [4.78, 5) is 11.9. The average Bonchev–Trinajstić information content (AvgIpc) is 3.43. The van der Waals surface area contributed by atoms with E-state index in [1.165, 1.54) is 11.3 Å². The standard InChI is InChI=1S/C21H22N6O2S2/c1-15-14-16(2)27(24-15)21-20(22-17-6-3-4-7-18(17)23-21)25-9-11-26(12-10-25)31(28,29)19-8-5-13-30-19/h3-8,13-14H,9-12H2,1-2H3. The molecule has 31 heavy (non-hydrogen) atoms. The van der Waals surface area contributed by atoms with Gasteiger partial charge in [0.25, 0.3) is 10.0 Å². The SMILES string of the molecule is Cc1cc(C)n(-c2nc3ccccc3nc2N2CCN(S(=O)(=O)c3cccs3)CC2)n1. The molecule has 4 heterocycles. The van der Waals surface area contributed by atoms with Crippen LogP contribution in [0.25, 0.3) is 16.9 Å². The lowest BCUT2D eigenvalue weighted by molar-refractivity contribution is 0.384. The second kappa shape index (κ2) is 7.70. The van der Waals surface area contributed by atoms with Gasteiger partial charge >= 0.3 is 0 Å². The second-order valence-corrected chi connectivity index (χ2v) is 10.6. The van der Waals surface area contributed by atoms with Crippen LogP contribution in [0.15, 0.2) is 52.1 Å². The molecule has 1 saturated heterocycles. The summed E-state index contributed by atoms with van der Waals surface area (Å²) in [6.07, 6.45) is 0. The quantitative estimate of drug-likeness (QED) is 0.471. The Kier molecular flexibility index (Phi) is 4.99. The highest BCUT2D eigenvalue weighted by Gasteiger charge is 2.31. The zero-order chi connectivity index (χ0) is 21.6. The number of hydrogen-bond acceptors (Lipinski definition) is 7. The summed E-state index contributed by atoms with van der Waals surface area (Å²) in [5.41, 5.74) is 3.48. The minimum atomic E-state index is -3.45. The van der Waals surface area contributed by atoms with Crippen LogP contribution in [0.3, 0.4) is 0 Å². The smallest absolute Gasteiger partial charge is 0.252 e. The van der Waals surface area contributed by atoms with Gasteiger partial charge in [0.2, 0.25) is 0 Å². The van der Waals surface area contributed by atoms with E-state index in [1.54, 1.807) is 21.8 Å². The van der Waals surface area contributed by atoms with Crippen LogP contribution >= 0.6 is 11.3 Å². The lowest BCUT2D eigenvalue weighted by Gasteiger charge is -2.35. The predicted octanol–water partition coefficient (Wildman–Crippen LogP) is 3.00. The number of benzene rings is 1. The van der Waals surface area contributed by atoms with Gasteiger partial charge in [-0.3, -0.25) is 0 Å². The van der Waals surface area contributed by atoms with Crippen molar-refractivity contribution in [1.29, 1.82) is 0 Å². The van der Waals surface area contributed by atoms with Crippen molar-refractivity contribution in [2.75, 3.05) is 31.1 Å². The third kappa shape index (κ3) is 3.60. The monoisotopic (exact) mass is 454 g/mol. The molecule has 0 spiro atoms. The van der Waals surface area contributed by atoms with Crippen molar-refractivity contribution < 1.29 is 8.42 Å². The van der Waals surface area contributed by atoms with Crippen LogP contribution in [0.4, 0.5) is 5.82 Å². The van der Waals surface area contributed by atoms with Gasteiger partial charge in [-0.2, -0.15) is 9.40 Å². The Labute approximate surface area is 184 Å². The lowest BCUT2D eigenvalue weighted by atomic mass is 10.3. The van der Waals surface area contributed by atoms with Crippen LogP contribution in [0.2, 0.25) is 0 Å². The van der Waals surface area contributed by atoms with Crippen LogP contribution in [0, 0.1) is 13.8 Å². The maximum absolute atomic E-state index is 12.9. The summed E-state index contributed by atoms with van der Waals surface area (Å²) in [6.45, 7) is 5.79. The van der Waals surface area contributed by atoms with Crippen LogP contribution in [0.1, 0.15) is 11.4 Å². The molecule has 0 aliphatic carbocycles. The minimum absolute atomic E-state index is 0.384. The second-order valence-electron chi connectivity index (χ2n) is 7.52. The van der Waals surface area contributed by atoms with Gasteiger partial charge in [-0.15, -0.1) is 11.3 Å². The molecule has 0 atom stereocenters.